The molecule has 0 aromatic heterocycles. The SMILES string of the molecule is COc1c(C)c(CC=C(C)C=O)c(OC)c2ccccc12. The van der Waals surface area contributed by atoms with E-state index in [1.54, 1.807) is 21.1 Å². The van der Waals surface area contributed by atoms with E-state index in [-0.39, 0.29) is 0 Å². The molecule has 0 aliphatic carbocycles. The Kier molecular flexibility index (Phi) is 4.63. The highest BCUT2D eigenvalue weighted by atomic mass is 16.5. The lowest BCUT2D eigenvalue weighted by Gasteiger charge is -2.18. The molecule has 3 heteroatoms. The van der Waals surface area contributed by atoms with Crippen molar-refractivity contribution in [3.8, 4) is 11.5 Å². The maximum Gasteiger partial charge on any atom is 0.145 e. The number of ether oxygens (including phenoxy) is 2. The first-order chi connectivity index (χ1) is 10.1. The van der Waals surface area contributed by atoms with Gasteiger partial charge in [0.25, 0.3) is 0 Å². The number of aldehydes is 1. The van der Waals surface area contributed by atoms with Crippen LogP contribution < -0.4 is 9.47 Å². The third-order valence-electron chi connectivity index (χ3n) is 3.71. The molecule has 0 atom stereocenters. The molecule has 0 bridgehead atoms. The second kappa shape index (κ2) is 6.44. The van der Waals surface area contributed by atoms with Gasteiger partial charge in [-0.05, 0) is 31.4 Å². The number of carbonyl (C=O) groups is 1. The number of methoxy groups -OCH3 is 2. The van der Waals surface area contributed by atoms with E-state index < -0.39 is 0 Å². The molecule has 0 amide bonds. The summed E-state index contributed by atoms with van der Waals surface area (Å²) in [7, 11) is 3.35. The Balaban J connectivity index is 2.73. The minimum atomic E-state index is 0.640. The van der Waals surface area contributed by atoms with Gasteiger partial charge in [0.05, 0.1) is 14.2 Å². The van der Waals surface area contributed by atoms with Gasteiger partial charge in [0.2, 0.25) is 0 Å². The summed E-state index contributed by atoms with van der Waals surface area (Å²) in [5.41, 5.74) is 2.81. The molecule has 0 saturated heterocycles. The Labute approximate surface area is 125 Å². The standard InChI is InChI=1S/C18H20O3/c1-12(11-19)9-10-14-13(2)17(20-3)15-7-5-6-8-16(15)18(14)21-4/h5-9,11H,10H2,1-4H3. The van der Waals surface area contributed by atoms with E-state index >= 15 is 0 Å². The summed E-state index contributed by atoms with van der Waals surface area (Å²) in [6.07, 6.45) is 3.41. The van der Waals surface area contributed by atoms with E-state index in [9.17, 15) is 4.79 Å². The number of hydrogen-bond donors (Lipinski definition) is 0. The second-order valence-electron chi connectivity index (χ2n) is 4.99. The number of fused-ring (bicyclic) bond motifs is 1. The summed E-state index contributed by atoms with van der Waals surface area (Å²) in [4.78, 5) is 10.8. The van der Waals surface area contributed by atoms with Gasteiger partial charge >= 0.3 is 0 Å². The van der Waals surface area contributed by atoms with Gasteiger partial charge in [-0.2, -0.15) is 0 Å². The third-order valence-corrected chi connectivity index (χ3v) is 3.71. The van der Waals surface area contributed by atoms with Crippen molar-refractivity contribution in [1.29, 1.82) is 0 Å². The van der Waals surface area contributed by atoms with Crippen LogP contribution in [0.2, 0.25) is 0 Å². The monoisotopic (exact) mass is 284 g/mol. The third kappa shape index (κ3) is 2.77. The maximum atomic E-state index is 10.8. The van der Waals surface area contributed by atoms with Gasteiger partial charge in [0, 0.05) is 16.3 Å². The molecule has 0 saturated carbocycles. The lowest BCUT2D eigenvalue weighted by atomic mass is 9.96. The van der Waals surface area contributed by atoms with Crippen molar-refractivity contribution in [1.82, 2.24) is 0 Å². The molecule has 0 radical (unpaired) electrons. The Morgan fingerprint density at radius 2 is 1.67 bits per heavy atom. The van der Waals surface area contributed by atoms with Crippen molar-refractivity contribution in [2.24, 2.45) is 0 Å². The highest BCUT2D eigenvalue weighted by Crippen LogP contribution is 2.40. The van der Waals surface area contributed by atoms with Crippen LogP contribution in [0.25, 0.3) is 10.8 Å². The van der Waals surface area contributed by atoms with E-state index in [1.165, 1.54) is 0 Å². The summed E-state index contributed by atoms with van der Waals surface area (Å²) in [5, 5.41) is 2.06. The first-order valence-electron chi connectivity index (χ1n) is 6.88. The molecular weight excluding hydrogens is 264 g/mol. The first kappa shape index (κ1) is 15.1. The quantitative estimate of drug-likeness (QED) is 0.618. The van der Waals surface area contributed by atoms with Crippen molar-refractivity contribution in [3.05, 3.63) is 47.0 Å². The van der Waals surface area contributed by atoms with Crippen molar-refractivity contribution >= 4 is 17.1 Å². The van der Waals surface area contributed by atoms with E-state index in [0.717, 1.165) is 39.7 Å². The molecule has 2 aromatic rings. The van der Waals surface area contributed by atoms with Gasteiger partial charge in [0.15, 0.2) is 0 Å². The minimum absolute atomic E-state index is 0.640. The van der Waals surface area contributed by atoms with Crippen LogP contribution in [0, 0.1) is 6.92 Å². The topological polar surface area (TPSA) is 35.5 Å². The highest BCUT2D eigenvalue weighted by molar-refractivity contribution is 5.96. The lowest BCUT2D eigenvalue weighted by Crippen LogP contribution is -2.00. The van der Waals surface area contributed by atoms with Crippen LogP contribution in [-0.2, 0) is 11.2 Å². The molecule has 2 rings (SSSR count). The number of carbonyl (C=O) groups excluding carboxylic acids is 1. The van der Waals surface area contributed by atoms with Gasteiger partial charge in [-0.1, -0.05) is 30.3 Å². The van der Waals surface area contributed by atoms with Crippen molar-refractivity contribution in [2.45, 2.75) is 20.3 Å². The molecule has 21 heavy (non-hydrogen) atoms. The Morgan fingerprint density at radius 3 is 2.19 bits per heavy atom. The van der Waals surface area contributed by atoms with Crippen molar-refractivity contribution in [2.75, 3.05) is 14.2 Å². The minimum Gasteiger partial charge on any atom is -0.496 e. The average Bonchev–Trinajstić information content (AvgIpc) is 2.52. The van der Waals surface area contributed by atoms with Crippen LogP contribution in [-0.4, -0.2) is 20.5 Å². The van der Waals surface area contributed by atoms with Gasteiger partial charge in [-0.15, -0.1) is 0 Å². The van der Waals surface area contributed by atoms with Crippen LogP contribution in [0.15, 0.2) is 35.9 Å². The van der Waals surface area contributed by atoms with Crippen LogP contribution in [0.5, 0.6) is 11.5 Å². The zero-order chi connectivity index (χ0) is 15.4. The molecule has 3 nitrogen and oxygen atoms in total. The fraction of sp³-hybridized carbons (Fsp3) is 0.278. The summed E-state index contributed by atoms with van der Waals surface area (Å²) in [5.74, 6) is 1.71. The Hall–Kier alpha value is -2.29. The van der Waals surface area contributed by atoms with Crippen molar-refractivity contribution < 1.29 is 14.3 Å². The van der Waals surface area contributed by atoms with Crippen LogP contribution in [0.3, 0.4) is 0 Å². The summed E-state index contributed by atoms with van der Waals surface area (Å²) < 4.78 is 11.2. The van der Waals surface area contributed by atoms with Crippen molar-refractivity contribution in [3.63, 3.8) is 0 Å². The summed E-state index contributed by atoms with van der Waals surface area (Å²) in [6, 6.07) is 8.02. The predicted molar refractivity (Wildman–Crippen MR) is 85.3 cm³/mol. The molecule has 0 heterocycles. The van der Waals surface area contributed by atoms with Gasteiger partial charge < -0.3 is 9.47 Å². The molecule has 0 aliphatic rings. The molecule has 2 aromatic carbocycles. The number of allylic oxidation sites excluding steroid dienone is 2. The first-order valence-corrected chi connectivity index (χ1v) is 6.88. The predicted octanol–water partition coefficient (Wildman–Crippen LogP) is 3.85. The van der Waals surface area contributed by atoms with E-state index in [0.29, 0.717) is 12.0 Å². The largest absolute Gasteiger partial charge is 0.496 e. The Bertz CT molecular complexity index is 699. The fourth-order valence-electron chi connectivity index (χ4n) is 2.60. The van der Waals surface area contributed by atoms with E-state index in [4.69, 9.17) is 9.47 Å². The lowest BCUT2D eigenvalue weighted by molar-refractivity contribution is -0.104. The van der Waals surface area contributed by atoms with Gasteiger partial charge in [-0.25, -0.2) is 0 Å². The summed E-state index contributed by atoms with van der Waals surface area (Å²) in [6.45, 7) is 3.82. The highest BCUT2D eigenvalue weighted by Gasteiger charge is 2.17. The molecule has 0 unspecified atom stereocenters. The van der Waals surface area contributed by atoms with E-state index in [2.05, 4.69) is 0 Å². The summed E-state index contributed by atoms with van der Waals surface area (Å²) >= 11 is 0. The number of benzene rings is 2. The zero-order valence-electron chi connectivity index (χ0n) is 12.9. The normalized spacial score (nSPS) is 11.5. The van der Waals surface area contributed by atoms with Crippen LogP contribution in [0.4, 0.5) is 0 Å². The molecule has 0 fully saturated rings. The van der Waals surface area contributed by atoms with Crippen LogP contribution >= 0.6 is 0 Å². The maximum absolute atomic E-state index is 10.8. The Morgan fingerprint density at radius 1 is 1.10 bits per heavy atom. The average molecular weight is 284 g/mol. The zero-order valence-corrected chi connectivity index (χ0v) is 12.9. The molecule has 0 aliphatic heterocycles. The fourth-order valence-corrected chi connectivity index (χ4v) is 2.60. The molecular formula is C18H20O3. The molecule has 0 N–H and O–H groups in total. The smallest absolute Gasteiger partial charge is 0.145 e. The van der Waals surface area contributed by atoms with Gasteiger partial charge in [0.1, 0.15) is 17.8 Å². The van der Waals surface area contributed by atoms with E-state index in [1.807, 2.05) is 37.3 Å². The number of rotatable bonds is 5. The van der Waals surface area contributed by atoms with Gasteiger partial charge in [-0.3, -0.25) is 4.79 Å². The second-order valence-corrected chi connectivity index (χ2v) is 4.99. The molecule has 0 spiro atoms. The molecule has 110 valence electrons. The number of hydrogen-bond acceptors (Lipinski definition) is 3. The van der Waals surface area contributed by atoms with Crippen LogP contribution in [0.1, 0.15) is 18.1 Å².